The Bertz CT molecular complexity index is 778. The first-order valence-corrected chi connectivity index (χ1v) is 8.10. The number of carbonyl (C=O) groups is 1. The summed E-state index contributed by atoms with van der Waals surface area (Å²) >= 11 is 0. The minimum Gasteiger partial charge on any atom is -0.484 e. The molecule has 27 heavy (non-hydrogen) atoms. The first kappa shape index (κ1) is 20.2. The van der Waals surface area contributed by atoms with Gasteiger partial charge < -0.3 is 14.8 Å². The van der Waals surface area contributed by atoms with Crippen LogP contribution in [0.4, 0.5) is 13.2 Å². The summed E-state index contributed by atoms with van der Waals surface area (Å²) in [5.74, 6) is 2.89. The number of amides is 1. The van der Waals surface area contributed by atoms with Crippen LogP contribution in [0.1, 0.15) is 11.1 Å². The van der Waals surface area contributed by atoms with Crippen molar-refractivity contribution < 1.29 is 27.4 Å². The minimum atomic E-state index is -4.40. The van der Waals surface area contributed by atoms with Gasteiger partial charge in [0, 0.05) is 6.54 Å². The summed E-state index contributed by atoms with van der Waals surface area (Å²) in [6.07, 6.45) is 1.33. The Morgan fingerprint density at radius 3 is 2.19 bits per heavy atom. The van der Waals surface area contributed by atoms with E-state index in [9.17, 15) is 18.0 Å². The van der Waals surface area contributed by atoms with Crippen LogP contribution in [0, 0.1) is 12.3 Å². The highest BCUT2D eigenvalue weighted by atomic mass is 19.4. The van der Waals surface area contributed by atoms with Crippen LogP contribution in [0.15, 0.2) is 48.5 Å². The molecule has 0 radical (unpaired) electrons. The van der Waals surface area contributed by atoms with Gasteiger partial charge in [0.1, 0.15) is 18.1 Å². The Morgan fingerprint density at radius 2 is 1.59 bits per heavy atom. The molecule has 0 bridgehead atoms. The summed E-state index contributed by atoms with van der Waals surface area (Å²) in [6, 6.07) is 11.5. The average molecular weight is 377 g/mol. The maximum Gasteiger partial charge on any atom is 0.416 e. The molecule has 0 fully saturated rings. The third kappa shape index (κ3) is 6.94. The van der Waals surface area contributed by atoms with Gasteiger partial charge in [-0.25, -0.2) is 0 Å². The van der Waals surface area contributed by atoms with Crippen molar-refractivity contribution in [1.82, 2.24) is 5.32 Å². The summed E-state index contributed by atoms with van der Waals surface area (Å²) in [6.45, 7) is 0.332. The van der Waals surface area contributed by atoms with Crippen LogP contribution in [-0.4, -0.2) is 25.7 Å². The highest BCUT2D eigenvalue weighted by Gasteiger charge is 2.30. The molecule has 0 aromatic heterocycles. The van der Waals surface area contributed by atoms with Crippen LogP contribution in [0.5, 0.6) is 11.5 Å². The largest absolute Gasteiger partial charge is 0.484 e. The molecule has 0 spiro atoms. The van der Waals surface area contributed by atoms with Crippen molar-refractivity contribution >= 4 is 5.91 Å². The first-order valence-electron chi connectivity index (χ1n) is 8.10. The monoisotopic (exact) mass is 377 g/mol. The fraction of sp³-hybridized carbons (Fsp3) is 0.250. The van der Waals surface area contributed by atoms with Crippen molar-refractivity contribution in [2.75, 3.05) is 19.8 Å². The smallest absolute Gasteiger partial charge is 0.416 e. The Kier molecular flexibility index (Phi) is 7.12. The molecule has 2 rings (SSSR count). The number of carbonyl (C=O) groups excluding carboxylic acids is 1. The van der Waals surface area contributed by atoms with Crippen molar-refractivity contribution in [2.45, 2.75) is 12.6 Å². The van der Waals surface area contributed by atoms with E-state index in [1.165, 1.54) is 12.1 Å². The summed E-state index contributed by atoms with van der Waals surface area (Å²) in [7, 11) is 0. The van der Waals surface area contributed by atoms with Gasteiger partial charge in [0.2, 0.25) is 0 Å². The van der Waals surface area contributed by atoms with E-state index in [2.05, 4.69) is 11.2 Å². The number of alkyl halides is 3. The van der Waals surface area contributed by atoms with Crippen LogP contribution in [0.2, 0.25) is 0 Å². The second kappa shape index (κ2) is 9.53. The molecule has 0 aliphatic rings. The van der Waals surface area contributed by atoms with Gasteiger partial charge in [-0.15, -0.1) is 6.42 Å². The molecular weight excluding hydrogens is 359 g/mol. The van der Waals surface area contributed by atoms with Crippen molar-refractivity contribution in [3.05, 3.63) is 59.7 Å². The molecule has 0 aliphatic carbocycles. The fourth-order valence-corrected chi connectivity index (χ4v) is 2.16. The molecule has 2 aromatic rings. The highest BCUT2D eigenvalue weighted by Crippen LogP contribution is 2.30. The van der Waals surface area contributed by atoms with Crippen LogP contribution < -0.4 is 14.8 Å². The molecule has 0 aliphatic heterocycles. The Morgan fingerprint density at radius 1 is 1.00 bits per heavy atom. The Balaban J connectivity index is 1.69. The van der Waals surface area contributed by atoms with E-state index in [-0.39, 0.29) is 24.9 Å². The molecule has 0 saturated heterocycles. The maximum atomic E-state index is 12.5. The van der Waals surface area contributed by atoms with Gasteiger partial charge in [-0.05, 0) is 48.4 Å². The summed E-state index contributed by atoms with van der Waals surface area (Å²) in [5.41, 5.74) is 0.238. The number of terminal acetylenes is 1. The lowest BCUT2D eigenvalue weighted by Crippen LogP contribution is -2.30. The number of hydrogen-bond acceptors (Lipinski definition) is 3. The van der Waals surface area contributed by atoms with Crippen molar-refractivity contribution in [2.24, 2.45) is 0 Å². The van der Waals surface area contributed by atoms with Gasteiger partial charge in [0.25, 0.3) is 5.91 Å². The molecular formula is C20H18F3NO3. The van der Waals surface area contributed by atoms with Crippen LogP contribution in [0.3, 0.4) is 0 Å². The van der Waals surface area contributed by atoms with Gasteiger partial charge in [0.05, 0.1) is 5.56 Å². The van der Waals surface area contributed by atoms with E-state index in [1.54, 1.807) is 12.1 Å². The van der Waals surface area contributed by atoms with E-state index in [0.717, 1.165) is 17.7 Å². The number of rotatable bonds is 8. The topological polar surface area (TPSA) is 47.6 Å². The third-order valence-electron chi connectivity index (χ3n) is 3.53. The first-order chi connectivity index (χ1) is 12.9. The molecule has 0 saturated carbocycles. The van der Waals surface area contributed by atoms with Crippen LogP contribution in [0.25, 0.3) is 0 Å². The van der Waals surface area contributed by atoms with Gasteiger partial charge in [0.15, 0.2) is 6.61 Å². The van der Waals surface area contributed by atoms with Gasteiger partial charge in [-0.1, -0.05) is 18.1 Å². The van der Waals surface area contributed by atoms with Gasteiger partial charge >= 0.3 is 6.18 Å². The van der Waals surface area contributed by atoms with Crippen LogP contribution >= 0.6 is 0 Å². The quantitative estimate of drug-likeness (QED) is 0.717. The summed E-state index contributed by atoms with van der Waals surface area (Å²) in [4.78, 5) is 11.8. The number of nitrogens with one attached hydrogen (secondary N) is 1. The number of ether oxygens (including phenoxy) is 2. The molecule has 1 amide bonds. The molecule has 142 valence electrons. The number of benzene rings is 2. The van der Waals surface area contributed by atoms with E-state index in [1.807, 2.05) is 12.1 Å². The number of halogens is 3. The van der Waals surface area contributed by atoms with Crippen molar-refractivity contribution in [1.29, 1.82) is 0 Å². The average Bonchev–Trinajstić information content (AvgIpc) is 2.65. The van der Waals surface area contributed by atoms with E-state index >= 15 is 0 Å². The Hall–Kier alpha value is -3.14. The molecule has 0 unspecified atom stereocenters. The van der Waals surface area contributed by atoms with Crippen LogP contribution in [-0.2, 0) is 17.4 Å². The predicted molar refractivity (Wildman–Crippen MR) is 94.4 cm³/mol. The zero-order chi connectivity index (χ0) is 19.7. The van der Waals surface area contributed by atoms with Gasteiger partial charge in [-0.3, -0.25) is 4.79 Å². The molecule has 2 aromatic carbocycles. The SMILES string of the molecule is C#CCOc1ccc(CCNC(=O)COc2ccc(C(F)(F)F)cc2)cc1. The van der Waals surface area contributed by atoms with Crippen molar-refractivity contribution in [3.8, 4) is 23.8 Å². The minimum absolute atomic E-state index is 0.195. The summed E-state index contributed by atoms with van der Waals surface area (Å²) < 4.78 is 47.9. The molecule has 1 N–H and O–H groups in total. The maximum absolute atomic E-state index is 12.5. The lowest BCUT2D eigenvalue weighted by molar-refractivity contribution is -0.137. The third-order valence-corrected chi connectivity index (χ3v) is 3.53. The molecule has 0 heterocycles. The normalized spacial score (nSPS) is 10.7. The van der Waals surface area contributed by atoms with E-state index in [0.29, 0.717) is 18.7 Å². The second-order valence-corrected chi connectivity index (χ2v) is 5.55. The van der Waals surface area contributed by atoms with Gasteiger partial charge in [-0.2, -0.15) is 13.2 Å². The summed E-state index contributed by atoms with van der Waals surface area (Å²) in [5, 5.41) is 2.68. The zero-order valence-corrected chi connectivity index (χ0v) is 14.4. The molecule has 7 heteroatoms. The molecule has 0 atom stereocenters. The van der Waals surface area contributed by atoms with E-state index < -0.39 is 11.7 Å². The standard InChI is InChI=1S/C20H18F3NO3/c1-2-13-26-17-7-3-15(4-8-17)11-12-24-19(25)14-27-18-9-5-16(6-10-18)20(21,22)23/h1,3-10H,11-14H2,(H,24,25). The second-order valence-electron chi connectivity index (χ2n) is 5.55. The van der Waals surface area contributed by atoms with E-state index in [4.69, 9.17) is 15.9 Å². The lowest BCUT2D eigenvalue weighted by atomic mass is 10.1. The number of hydrogen-bond donors (Lipinski definition) is 1. The fourth-order valence-electron chi connectivity index (χ4n) is 2.16. The Labute approximate surface area is 155 Å². The lowest BCUT2D eigenvalue weighted by Gasteiger charge is -2.10. The van der Waals surface area contributed by atoms with Crippen molar-refractivity contribution in [3.63, 3.8) is 0 Å². The predicted octanol–water partition coefficient (Wildman–Crippen LogP) is 3.46. The molecule has 4 nitrogen and oxygen atoms in total. The zero-order valence-electron chi connectivity index (χ0n) is 14.4. The highest BCUT2D eigenvalue weighted by molar-refractivity contribution is 5.77.